The Bertz CT molecular complexity index is 148. The summed E-state index contributed by atoms with van der Waals surface area (Å²) >= 11 is 0. The summed E-state index contributed by atoms with van der Waals surface area (Å²) in [6.45, 7) is 11.5. The summed E-state index contributed by atoms with van der Waals surface area (Å²) in [4.78, 5) is 2.51. The molecular formula is C14H32N2. The molecule has 0 fully saturated rings. The molecule has 0 aromatic heterocycles. The number of hydrogen-bond donors (Lipinski definition) is 1. The van der Waals surface area contributed by atoms with Crippen LogP contribution in [0.3, 0.4) is 0 Å². The highest BCUT2D eigenvalue weighted by atomic mass is 15.2. The van der Waals surface area contributed by atoms with E-state index in [0.717, 1.165) is 6.54 Å². The SMILES string of the molecule is CCCCCN(C)C(C)C(CC)NCCC. The van der Waals surface area contributed by atoms with Crippen LogP contribution in [0.2, 0.25) is 0 Å². The molecule has 2 atom stereocenters. The van der Waals surface area contributed by atoms with Crippen LogP contribution in [-0.2, 0) is 0 Å². The molecule has 0 aromatic carbocycles. The van der Waals surface area contributed by atoms with Crippen LogP contribution in [0.1, 0.15) is 59.8 Å². The molecule has 2 nitrogen and oxygen atoms in total. The number of unbranched alkanes of at least 4 members (excludes halogenated alkanes) is 2. The summed E-state index contributed by atoms with van der Waals surface area (Å²) in [5, 5.41) is 3.65. The smallest absolute Gasteiger partial charge is 0.0217 e. The number of nitrogens with zero attached hydrogens (tertiary/aromatic N) is 1. The number of likely N-dealkylation sites (N-methyl/N-ethyl adjacent to an activating group) is 1. The first-order valence-electron chi connectivity index (χ1n) is 7.10. The van der Waals surface area contributed by atoms with Gasteiger partial charge in [0.05, 0.1) is 0 Å². The van der Waals surface area contributed by atoms with Gasteiger partial charge in [0, 0.05) is 12.1 Å². The maximum absolute atomic E-state index is 3.65. The lowest BCUT2D eigenvalue weighted by atomic mass is 10.1. The highest BCUT2D eigenvalue weighted by molar-refractivity contribution is 4.78. The average Bonchev–Trinajstić information content (AvgIpc) is 2.30. The number of nitrogens with one attached hydrogen (secondary N) is 1. The molecule has 0 saturated heterocycles. The van der Waals surface area contributed by atoms with Gasteiger partial charge in [-0.05, 0) is 46.3 Å². The van der Waals surface area contributed by atoms with E-state index in [1.54, 1.807) is 0 Å². The first-order chi connectivity index (χ1) is 7.67. The van der Waals surface area contributed by atoms with Gasteiger partial charge in [-0.2, -0.15) is 0 Å². The van der Waals surface area contributed by atoms with Crippen molar-refractivity contribution >= 4 is 0 Å². The van der Waals surface area contributed by atoms with Crippen molar-refractivity contribution < 1.29 is 0 Å². The second-order valence-corrected chi connectivity index (χ2v) is 4.90. The molecule has 2 heteroatoms. The number of rotatable bonds is 10. The van der Waals surface area contributed by atoms with Gasteiger partial charge in [-0.25, -0.2) is 0 Å². The molecule has 0 spiro atoms. The van der Waals surface area contributed by atoms with Crippen LogP contribution in [-0.4, -0.2) is 37.1 Å². The third kappa shape index (κ3) is 6.49. The lowest BCUT2D eigenvalue weighted by Gasteiger charge is -2.32. The van der Waals surface area contributed by atoms with Crippen LogP contribution in [0, 0.1) is 0 Å². The van der Waals surface area contributed by atoms with Gasteiger partial charge in [-0.3, -0.25) is 0 Å². The van der Waals surface area contributed by atoms with E-state index in [2.05, 4.69) is 45.0 Å². The molecule has 1 N–H and O–H groups in total. The normalized spacial score (nSPS) is 15.4. The molecule has 0 aliphatic rings. The third-order valence-corrected chi connectivity index (χ3v) is 3.49. The topological polar surface area (TPSA) is 15.3 Å². The molecule has 0 aliphatic carbocycles. The zero-order chi connectivity index (χ0) is 12.4. The second kappa shape index (κ2) is 10.1. The fourth-order valence-electron chi connectivity index (χ4n) is 2.11. The molecule has 0 heterocycles. The minimum Gasteiger partial charge on any atom is -0.312 e. The van der Waals surface area contributed by atoms with E-state index >= 15 is 0 Å². The van der Waals surface area contributed by atoms with Crippen molar-refractivity contribution in [3.05, 3.63) is 0 Å². The molecule has 0 radical (unpaired) electrons. The van der Waals surface area contributed by atoms with Gasteiger partial charge in [0.25, 0.3) is 0 Å². The Hall–Kier alpha value is -0.0800. The lowest BCUT2D eigenvalue weighted by Crippen LogP contribution is -2.47. The maximum atomic E-state index is 3.65. The molecule has 98 valence electrons. The highest BCUT2D eigenvalue weighted by Gasteiger charge is 2.18. The van der Waals surface area contributed by atoms with E-state index < -0.39 is 0 Å². The van der Waals surface area contributed by atoms with Crippen molar-refractivity contribution in [2.45, 2.75) is 71.9 Å². The van der Waals surface area contributed by atoms with Gasteiger partial charge in [0.2, 0.25) is 0 Å². The molecule has 0 amide bonds. The molecular weight excluding hydrogens is 196 g/mol. The summed E-state index contributed by atoms with van der Waals surface area (Å²) in [7, 11) is 2.26. The zero-order valence-electron chi connectivity index (χ0n) is 12.1. The maximum Gasteiger partial charge on any atom is 0.0217 e. The van der Waals surface area contributed by atoms with Crippen LogP contribution >= 0.6 is 0 Å². The van der Waals surface area contributed by atoms with Gasteiger partial charge < -0.3 is 10.2 Å². The summed E-state index contributed by atoms with van der Waals surface area (Å²) in [5.74, 6) is 0. The first kappa shape index (κ1) is 15.9. The molecule has 0 aliphatic heterocycles. The van der Waals surface area contributed by atoms with Crippen molar-refractivity contribution in [2.24, 2.45) is 0 Å². The van der Waals surface area contributed by atoms with Crippen LogP contribution < -0.4 is 5.32 Å². The van der Waals surface area contributed by atoms with Gasteiger partial charge in [-0.15, -0.1) is 0 Å². The van der Waals surface area contributed by atoms with Gasteiger partial charge in [0.15, 0.2) is 0 Å². The fourth-order valence-corrected chi connectivity index (χ4v) is 2.11. The van der Waals surface area contributed by atoms with Crippen molar-refractivity contribution in [3.63, 3.8) is 0 Å². The Morgan fingerprint density at radius 3 is 2.25 bits per heavy atom. The Morgan fingerprint density at radius 1 is 1.06 bits per heavy atom. The Balaban J connectivity index is 3.90. The van der Waals surface area contributed by atoms with Crippen LogP contribution in [0.25, 0.3) is 0 Å². The minimum absolute atomic E-state index is 0.645. The van der Waals surface area contributed by atoms with E-state index in [0.29, 0.717) is 12.1 Å². The third-order valence-electron chi connectivity index (χ3n) is 3.49. The Labute approximate surface area is 103 Å². The van der Waals surface area contributed by atoms with Crippen LogP contribution in [0.5, 0.6) is 0 Å². The standard InChI is InChI=1S/C14H32N2/c1-6-9-10-12-16(5)13(4)14(8-3)15-11-7-2/h13-15H,6-12H2,1-5H3. The largest absolute Gasteiger partial charge is 0.312 e. The molecule has 0 rings (SSSR count). The lowest BCUT2D eigenvalue weighted by molar-refractivity contribution is 0.199. The highest BCUT2D eigenvalue weighted by Crippen LogP contribution is 2.07. The Morgan fingerprint density at radius 2 is 1.75 bits per heavy atom. The van der Waals surface area contributed by atoms with Crippen LogP contribution in [0.15, 0.2) is 0 Å². The van der Waals surface area contributed by atoms with Crippen molar-refractivity contribution in [3.8, 4) is 0 Å². The molecule has 2 unspecified atom stereocenters. The van der Waals surface area contributed by atoms with E-state index in [9.17, 15) is 0 Å². The van der Waals surface area contributed by atoms with Crippen molar-refractivity contribution in [1.82, 2.24) is 10.2 Å². The summed E-state index contributed by atoms with van der Waals surface area (Å²) < 4.78 is 0. The fraction of sp³-hybridized carbons (Fsp3) is 1.00. The van der Waals surface area contributed by atoms with Crippen molar-refractivity contribution in [2.75, 3.05) is 20.1 Å². The molecule has 0 aromatic rings. The predicted octanol–water partition coefficient (Wildman–Crippen LogP) is 3.28. The van der Waals surface area contributed by atoms with E-state index in [1.807, 2.05) is 0 Å². The summed E-state index contributed by atoms with van der Waals surface area (Å²) in [6.07, 6.45) is 6.45. The summed E-state index contributed by atoms with van der Waals surface area (Å²) in [5.41, 5.74) is 0. The number of hydrogen-bond acceptors (Lipinski definition) is 2. The first-order valence-corrected chi connectivity index (χ1v) is 7.10. The zero-order valence-corrected chi connectivity index (χ0v) is 12.1. The second-order valence-electron chi connectivity index (χ2n) is 4.90. The van der Waals surface area contributed by atoms with E-state index in [4.69, 9.17) is 0 Å². The summed E-state index contributed by atoms with van der Waals surface area (Å²) in [6, 6.07) is 1.29. The van der Waals surface area contributed by atoms with Crippen LogP contribution in [0.4, 0.5) is 0 Å². The molecule has 0 saturated carbocycles. The van der Waals surface area contributed by atoms with E-state index in [-0.39, 0.29) is 0 Å². The quantitative estimate of drug-likeness (QED) is 0.577. The predicted molar refractivity (Wildman–Crippen MR) is 74.0 cm³/mol. The molecule has 0 bridgehead atoms. The van der Waals surface area contributed by atoms with Gasteiger partial charge in [0.1, 0.15) is 0 Å². The minimum atomic E-state index is 0.645. The Kier molecular flexibility index (Phi) is 10.0. The van der Waals surface area contributed by atoms with Crippen molar-refractivity contribution in [1.29, 1.82) is 0 Å². The average molecular weight is 228 g/mol. The van der Waals surface area contributed by atoms with Gasteiger partial charge >= 0.3 is 0 Å². The van der Waals surface area contributed by atoms with Gasteiger partial charge in [-0.1, -0.05) is 33.6 Å². The molecule has 16 heavy (non-hydrogen) atoms. The van der Waals surface area contributed by atoms with E-state index in [1.165, 1.54) is 38.6 Å². The monoisotopic (exact) mass is 228 g/mol.